The molecule has 0 radical (unpaired) electrons. The monoisotopic (exact) mass is 479 g/mol. The van der Waals surface area contributed by atoms with Gasteiger partial charge in [0.1, 0.15) is 10.6 Å². The van der Waals surface area contributed by atoms with Crippen LogP contribution in [-0.2, 0) is 11.3 Å². The van der Waals surface area contributed by atoms with Gasteiger partial charge in [0.2, 0.25) is 5.91 Å². The number of aryl methyl sites for hydroxylation is 1. The highest BCUT2D eigenvalue weighted by Gasteiger charge is 2.18. The second-order valence-electron chi connectivity index (χ2n) is 7.89. The summed E-state index contributed by atoms with van der Waals surface area (Å²) in [5, 5.41) is 10.2. The summed E-state index contributed by atoms with van der Waals surface area (Å²) in [6.07, 6.45) is 3.32. The Morgan fingerprint density at radius 3 is 2.73 bits per heavy atom. The zero-order valence-electron chi connectivity index (χ0n) is 18.7. The molecule has 4 rings (SSSR count). The molecular formula is C24H25N5O2S2. The van der Waals surface area contributed by atoms with Crippen molar-refractivity contribution in [1.29, 1.82) is 0 Å². The van der Waals surface area contributed by atoms with Crippen molar-refractivity contribution in [2.75, 3.05) is 11.1 Å². The fourth-order valence-electron chi connectivity index (χ4n) is 3.49. The Kier molecular flexibility index (Phi) is 6.80. The normalized spacial score (nSPS) is 11.3. The van der Waals surface area contributed by atoms with Crippen molar-refractivity contribution in [1.82, 2.24) is 19.3 Å². The number of aromatic nitrogens is 4. The maximum Gasteiger partial charge on any atom is 0.263 e. The van der Waals surface area contributed by atoms with Crippen molar-refractivity contribution in [3.63, 3.8) is 0 Å². The SMILES string of the molecule is C=CCn1c(SCC(=O)Nc2ccnn2C(C)C)nc2scc(-c3ccc(C)cc3)c2c1=O. The number of carbonyl (C=O) groups excluding carboxylic acids is 1. The van der Waals surface area contributed by atoms with E-state index >= 15 is 0 Å². The molecule has 7 nitrogen and oxygen atoms in total. The van der Waals surface area contributed by atoms with E-state index in [2.05, 4.69) is 17.0 Å². The van der Waals surface area contributed by atoms with E-state index in [0.717, 1.165) is 16.7 Å². The number of carbonyl (C=O) groups is 1. The second kappa shape index (κ2) is 9.76. The third-order valence-corrected chi connectivity index (χ3v) is 6.94. The van der Waals surface area contributed by atoms with Crippen molar-refractivity contribution < 1.29 is 4.79 Å². The minimum Gasteiger partial charge on any atom is -0.310 e. The van der Waals surface area contributed by atoms with E-state index in [-0.39, 0.29) is 23.3 Å². The van der Waals surface area contributed by atoms with Gasteiger partial charge in [0.05, 0.1) is 17.3 Å². The summed E-state index contributed by atoms with van der Waals surface area (Å²) in [4.78, 5) is 31.4. The molecule has 0 aliphatic rings. The maximum atomic E-state index is 13.4. The zero-order valence-corrected chi connectivity index (χ0v) is 20.4. The Labute approximate surface area is 200 Å². The number of anilines is 1. The van der Waals surface area contributed by atoms with Gasteiger partial charge in [-0.2, -0.15) is 5.10 Å². The highest BCUT2D eigenvalue weighted by molar-refractivity contribution is 7.99. The van der Waals surface area contributed by atoms with Crippen molar-refractivity contribution in [2.45, 2.75) is 38.5 Å². The fraction of sp³-hybridized carbons (Fsp3) is 0.250. The first-order chi connectivity index (χ1) is 15.9. The lowest BCUT2D eigenvalue weighted by Crippen LogP contribution is -2.24. The Morgan fingerprint density at radius 2 is 2.03 bits per heavy atom. The highest BCUT2D eigenvalue weighted by Crippen LogP contribution is 2.32. The number of allylic oxidation sites excluding steroid dienone is 1. The van der Waals surface area contributed by atoms with E-state index in [1.54, 1.807) is 27.6 Å². The van der Waals surface area contributed by atoms with E-state index in [0.29, 0.717) is 27.7 Å². The molecule has 1 aromatic carbocycles. The lowest BCUT2D eigenvalue weighted by Gasteiger charge is -2.13. The molecular weight excluding hydrogens is 454 g/mol. The van der Waals surface area contributed by atoms with Crippen LogP contribution in [0.25, 0.3) is 21.3 Å². The van der Waals surface area contributed by atoms with Gasteiger partial charge in [0.25, 0.3) is 5.56 Å². The number of nitrogens with zero attached hydrogens (tertiary/aromatic N) is 4. The molecule has 33 heavy (non-hydrogen) atoms. The Hall–Kier alpha value is -3.17. The number of amides is 1. The fourth-order valence-corrected chi connectivity index (χ4v) is 5.28. The first-order valence-corrected chi connectivity index (χ1v) is 12.4. The molecule has 0 atom stereocenters. The number of fused-ring (bicyclic) bond motifs is 1. The molecule has 0 aliphatic carbocycles. The van der Waals surface area contributed by atoms with Crippen LogP contribution in [0.3, 0.4) is 0 Å². The predicted molar refractivity (Wildman–Crippen MR) is 136 cm³/mol. The van der Waals surface area contributed by atoms with Gasteiger partial charge in [0, 0.05) is 29.6 Å². The molecule has 0 spiro atoms. The first-order valence-electron chi connectivity index (χ1n) is 10.5. The van der Waals surface area contributed by atoms with Crippen LogP contribution < -0.4 is 10.9 Å². The topological polar surface area (TPSA) is 81.8 Å². The van der Waals surface area contributed by atoms with Crippen LogP contribution in [-0.4, -0.2) is 31.0 Å². The zero-order chi connectivity index (χ0) is 23.5. The van der Waals surface area contributed by atoms with Gasteiger partial charge in [-0.05, 0) is 26.3 Å². The number of rotatable bonds is 8. The molecule has 0 fully saturated rings. The Morgan fingerprint density at radius 1 is 1.27 bits per heavy atom. The summed E-state index contributed by atoms with van der Waals surface area (Å²) in [5.41, 5.74) is 2.89. The standard InChI is InChI=1S/C24H25N5O2S2/c1-5-12-28-23(31)21-18(17-8-6-16(4)7-9-17)13-32-22(21)27-24(28)33-14-20(30)26-19-10-11-25-29(19)15(2)3/h5-11,13,15H,1,12,14H2,2-4H3,(H,26,30). The summed E-state index contributed by atoms with van der Waals surface area (Å²) in [7, 11) is 0. The van der Waals surface area contributed by atoms with Crippen LogP contribution in [0.15, 0.2) is 64.5 Å². The average molecular weight is 480 g/mol. The van der Waals surface area contributed by atoms with E-state index in [1.807, 2.05) is 50.4 Å². The molecule has 0 bridgehead atoms. The van der Waals surface area contributed by atoms with E-state index in [9.17, 15) is 9.59 Å². The first kappa shape index (κ1) is 23.0. The third-order valence-electron chi connectivity index (χ3n) is 5.09. The van der Waals surface area contributed by atoms with Crippen molar-refractivity contribution in [2.24, 2.45) is 0 Å². The number of benzene rings is 1. The molecule has 170 valence electrons. The van der Waals surface area contributed by atoms with Gasteiger partial charge in [0.15, 0.2) is 5.16 Å². The smallest absolute Gasteiger partial charge is 0.263 e. The van der Waals surface area contributed by atoms with E-state index in [4.69, 9.17) is 4.98 Å². The van der Waals surface area contributed by atoms with Gasteiger partial charge < -0.3 is 5.32 Å². The van der Waals surface area contributed by atoms with Crippen molar-refractivity contribution in [3.8, 4) is 11.1 Å². The molecule has 1 N–H and O–H groups in total. The van der Waals surface area contributed by atoms with Gasteiger partial charge >= 0.3 is 0 Å². The van der Waals surface area contributed by atoms with Crippen LogP contribution >= 0.6 is 23.1 Å². The minimum atomic E-state index is -0.187. The van der Waals surface area contributed by atoms with Crippen LogP contribution in [0.4, 0.5) is 5.82 Å². The second-order valence-corrected chi connectivity index (χ2v) is 9.69. The molecule has 4 aromatic rings. The van der Waals surface area contributed by atoms with E-state index < -0.39 is 0 Å². The number of hydrogen-bond donors (Lipinski definition) is 1. The lowest BCUT2D eigenvalue weighted by atomic mass is 10.1. The Bertz CT molecular complexity index is 1370. The quantitative estimate of drug-likeness (QED) is 0.215. The maximum absolute atomic E-state index is 13.4. The molecule has 0 saturated carbocycles. The molecule has 9 heteroatoms. The predicted octanol–water partition coefficient (Wildman–Crippen LogP) is 5.13. The summed E-state index contributed by atoms with van der Waals surface area (Å²) in [6, 6.07) is 9.99. The minimum absolute atomic E-state index is 0.120. The highest BCUT2D eigenvalue weighted by atomic mass is 32.2. The summed E-state index contributed by atoms with van der Waals surface area (Å²) in [6.45, 7) is 10.1. The third kappa shape index (κ3) is 4.79. The van der Waals surface area contributed by atoms with Gasteiger partial charge in [-0.15, -0.1) is 17.9 Å². The van der Waals surface area contributed by atoms with Crippen molar-refractivity contribution in [3.05, 3.63) is 70.5 Å². The molecule has 1 amide bonds. The van der Waals surface area contributed by atoms with Crippen molar-refractivity contribution >= 4 is 45.0 Å². The van der Waals surface area contributed by atoms with Gasteiger partial charge in [-0.3, -0.25) is 14.2 Å². The summed E-state index contributed by atoms with van der Waals surface area (Å²) >= 11 is 2.67. The van der Waals surface area contributed by atoms with Crippen LogP contribution in [0.5, 0.6) is 0 Å². The number of nitrogens with one attached hydrogen (secondary N) is 1. The molecule has 0 saturated heterocycles. The number of thioether (sulfide) groups is 1. The van der Waals surface area contributed by atoms with Gasteiger partial charge in [-0.25, -0.2) is 9.67 Å². The number of thiophene rings is 1. The summed E-state index contributed by atoms with van der Waals surface area (Å²) < 4.78 is 3.33. The van der Waals surface area contributed by atoms with Gasteiger partial charge in [-0.1, -0.05) is 47.7 Å². The Balaban J connectivity index is 1.62. The number of hydrogen-bond acceptors (Lipinski definition) is 6. The van der Waals surface area contributed by atoms with E-state index in [1.165, 1.54) is 23.1 Å². The molecule has 3 heterocycles. The molecule has 3 aromatic heterocycles. The lowest BCUT2D eigenvalue weighted by molar-refractivity contribution is -0.113. The van der Waals surface area contributed by atoms with Crippen LogP contribution in [0.1, 0.15) is 25.5 Å². The largest absolute Gasteiger partial charge is 0.310 e. The average Bonchev–Trinajstić information content (AvgIpc) is 3.42. The summed E-state index contributed by atoms with van der Waals surface area (Å²) in [5.74, 6) is 0.575. The van der Waals surface area contributed by atoms with Crippen LogP contribution in [0, 0.1) is 6.92 Å². The molecule has 0 unspecified atom stereocenters. The van der Waals surface area contributed by atoms with Crippen LogP contribution in [0.2, 0.25) is 0 Å². The molecule has 0 aliphatic heterocycles.